The predicted molar refractivity (Wildman–Crippen MR) is 115 cm³/mol. The monoisotopic (exact) mass is 414 g/mol. The number of nitrogens with zero attached hydrogens (tertiary/aromatic N) is 1. The number of hydrogen-bond acceptors (Lipinski definition) is 5. The van der Waals surface area contributed by atoms with Gasteiger partial charge in [-0.25, -0.2) is 4.99 Å². The van der Waals surface area contributed by atoms with Gasteiger partial charge in [0, 0.05) is 12.1 Å². The van der Waals surface area contributed by atoms with Crippen LogP contribution in [0.15, 0.2) is 96.0 Å². The fourth-order valence-electron chi connectivity index (χ4n) is 4.35. The van der Waals surface area contributed by atoms with Gasteiger partial charge in [0.15, 0.2) is 6.10 Å². The SMILES string of the molecule is O=C(O)CC12CNC1(c1ccccc1)OC(OC(c1ccccc1)c1ccccc1)=N2. The van der Waals surface area contributed by atoms with Crippen molar-refractivity contribution < 1.29 is 19.4 Å². The van der Waals surface area contributed by atoms with Gasteiger partial charge in [0.25, 0.3) is 0 Å². The summed E-state index contributed by atoms with van der Waals surface area (Å²) in [5.74, 6) is -0.932. The topological polar surface area (TPSA) is 80.2 Å². The normalized spacial score (nSPS) is 24.0. The summed E-state index contributed by atoms with van der Waals surface area (Å²) < 4.78 is 12.6. The molecule has 2 heterocycles. The third-order valence-electron chi connectivity index (χ3n) is 5.88. The van der Waals surface area contributed by atoms with Gasteiger partial charge in [-0.05, 0) is 11.1 Å². The van der Waals surface area contributed by atoms with Gasteiger partial charge in [-0.15, -0.1) is 0 Å². The number of nitrogens with one attached hydrogen (secondary N) is 1. The van der Waals surface area contributed by atoms with Crippen LogP contribution in [0.25, 0.3) is 0 Å². The van der Waals surface area contributed by atoms with Crippen LogP contribution in [0.5, 0.6) is 0 Å². The molecular formula is C25H22N2O4. The molecule has 156 valence electrons. The zero-order valence-electron chi connectivity index (χ0n) is 16.8. The number of aliphatic carboxylic acids is 1. The zero-order chi connectivity index (χ0) is 21.3. The van der Waals surface area contributed by atoms with Gasteiger partial charge < -0.3 is 14.6 Å². The fourth-order valence-corrected chi connectivity index (χ4v) is 4.35. The molecule has 2 unspecified atom stereocenters. The van der Waals surface area contributed by atoms with E-state index >= 15 is 0 Å². The summed E-state index contributed by atoms with van der Waals surface area (Å²) in [6.45, 7) is 0.391. The third kappa shape index (κ3) is 3.25. The molecule has 31 heavy (non-hydrogen) atoms. The van der Waals surface area contributed by atoms with Crippen LogP contribution in [0.4, 0.5) is 0 Å². The summed E-state index contributed by atoms with van der Waals surface area (Å²) in [6, 6.07) is 29.2. The minimum Gasteiger partial charge on any atom is -0.481 e. The third-order valence-corrected chi connectivity index (χ3v) is 5.88. The van der Waals surface area contributed by atoms with Gasteiger partial charge in [-0.1, -0.05) is 91.0 Å². The maximum absolute atomic E-state index is 11.7. The number of hydrogen-bond donors (Lipinski definition) is 2. The van der Waals surface area contributed by atoms with E-state index in [0.717, 1.165) is 16.7 Å². The number of rotatable bonds is 6. The molecular weight excluding hydrogens is 392 g/mol. The highest BCUT2D eigenvalue weighted by molar-refractivity contribution is 5.77. The highest BCUT2D eigenvalue weighted by Crippen LogP contribution is 2.51. The van der Waals surface area contributed by atoms with Crippen molar-refractivity contribution in [2.24, 2.45) is 4.99 Å². The van der Waals surface area contributed by atoms with E-state index in [4.69, 9.17) is 14.5 Å². The second kappa shape index (κ2) is 7.56. The Kier molecular flexibility index (Phi) is 4.71. The smallest absolute Gasteiger partial charge is 0.387 e. The lowest BCUT2D eigenvalue weighted by atomic mass is 9.73. The molecule has 0 aliphatic carbocycles. The maximum atomic E-state index is 11.7. The quantitative estimate of drug-likeness (QED) is 0.641. The van der Waals surface area contributed by atoms with Crippen LogP contribution < -0.4 is 5.32 Å². The van der Waals surface area contributed by atoms with Crippen LogP contribution in [0.1, 0.15) is 29.2 Å². The summed E-state index contributed by atoms with van der Waals surface area (Å²) in [7, 11) is 0. The van der Waals surface area contributed by atoms with Gasteiger partial charge in [0.05, 0.1) is 6.42 Å². The molecule has 2 aliphatic rings. The number of carbonyl (C=O) groups is 1. The van der Waals surface area contributed by atoms with Crippen molar-refractivity contribution in [2.45, 2.75) is 23.8 Å². The molecule has 5 rings (SSSR count). The van der Waals surface area contributed by atoms with Crippen LogP contribution in [0.2, 0.25) is 0 Å². The molecule has 6 nitrogen and oxygen atoms in total. The molecule has 0 bridgehead atoms. The van der Waals surface area contributed by atoms with Crippen molar-refractivity contribution in [3.63, 3.8) is 0 Å². The molecule has 1 saturated heterocycles. The van der Waals surface area contributed by atoms with Crippen LogP contribution in [0, 0.1) is 0 Å². The first-order valence-corrected chi connectivity index (χ1v) is 10.2. The predicted octanol–water partition coefficient (Wildman–Crippen LogP) is 3.85. The average molecular weight is 414 g/mol. The second-order valence-corrected chi connectivity index (χ2v) is 7.80. The Balaban J connectivity index is 1.52. The largest absolute Gasteiger partial charge is 0.481 e. The van der Waals surface area contributed by atoms with E-state index in [1.807, 2.05) is 91.0 Å². The number of benzene rings is 3. The van der Waals surface area contributed by atoms with Gasteiger partial charge in [-0.3, -0.25) is 10.1 Å². The zero-order valence-corrected chi connectivity index (χ0v) is 16.8. The Bertz CT molecular complexity index is 1060. The number of aliphatic imine (C=N–C) groups is 1. The molecule has 1 fully saturated rings. The van der Waals surface area contributed by atoms with Crippen molar-refractivity contribution in [3.8, 4) is 0 Å². The van der Waals surface area contributed by atoms with Gasteiger partial charge >= 0.3 is 12.1 Å². The average Bonchev–Trinajstić information content (AvgIpc) is 3.00. The van der Waals surface area contributed by atoms with E-state index in [2.05, 4.69) is 5.32 Å². The number of fused-ring (bicyclic) bond motifs is 1. The van der Waals surface area contributed by atoms with E-state index in [1.165, 1.54) is 0 Å². The Morgan fingerprint density at radius 3 is 2.00 bits per heavy atom. The molecule has 0 radical (unpaired) electrons. The first kappa shape index (κ1) is 19.3. The molecule has 2 N–H and O–H groups in total. The standard InChI is InChI=1S/C25H22N2O4/c28-21(29)16-24-17-26-25(24,20-14-8-3-9-15-20)31-23(27-24)30-22(18-10-4-1-5-11-18)19-12-6-2-7-13-19/h1-15,22,26H,16-17H2,(H,28,29). The molecule has 3 aromatic carbocycles. The second-order valence-electron chi connectivity index (χ2n) is 7.80. The van der Waals surface area contributed by atoms with Crippen molar-refractivity contribution in [2.75, 3.05) is 6.54 Å². The Hall–Kier alpha value is -3.64. The highest BCUT2D eigenvalue weighted by atomic mass is 16.7. The Labute approximate surface area is 180 Å². The van der Waals surface area contributed by atoms with Crippen molar-refractivity contribution in [1.29, 1.82) is 0 Å². The lowest BCUT2D eigenvalue weighted by Crippen LogP contribution is -2.73. The van der Waals surface area contributed by atoms with E-state index in [9.17, 15) is 9.90 Å². The van der Waals surface area contributed by atoms with Crippen LogP contribution in [-0.2, 0) is 20.0 Å². The molecule has 3 aromatic rings. The van der Waals surface area contributed by atoms with Crippen LogP contribution >= 0.6 is 0 Å². The number of ether oxygens (including phenoxy) is 2. The van der Waals surface area contributed by atoms with E-state index in [0.29, 0.717) is 6.54 Å². The molecule has 0 saturated carbocycles. The summed E-state index contributed by atoms with van der Waals surface area (Å²) >= 11 is 0. The van der Waals surface area contributed by atoms with Crippen molar-refractivity contribution in [3.05, 3.63) is 108 Å². The maximum Gasteiger partial charge on any atom is 0.387 e. The molecule has 2 aliphatic heterocycles. The lowest BCUT2D eigenvalue weighted by Gasteiger charge is -2.51. The molecule has 6 heteroatoms. The fraction of sp³-hybridized carbons (Fsp3) is 0.200. The number of carboxylic acid groups (broad SMARTS) is 1. The summed E-state index contributed by atoms with van der Waals surface area (Å²) in [6.07, 6.45) is -0.510. The minimum absolute atomic E-state index is 0.0906. The molecule has 0 amide bonds. The van der Waals surface area contributed by atoms with E-state index in [1.54, 1.807) is 0 Å². The summed E-state index contributed by atoms with van der Waals surface area (Å²) in [5, 5.41) is 12.9. The van der Waals surface area contributed by atoms with Crippen molar-refractivity contribution >= 4 is 12.1 Å². The molecule has 0 aromatic heterocycles. The van der Waals surface area contributed by atoms with E-state index < -0.39 is 23.3 Å². The highest BCUT2D eigenvalue weighted by Gasteiger charge is 2.68. The molecule has 2 atom stereocenters. The van der Waals surface area contributed by atoms with Gasteiger partial charge in [-0.2, -0.15) is 0 Å². The Morgan fingerprint density at radius 1 is 0.968 bits per heavy atom. The first-order valence-electron chi connectivity index (χ1n) is 10.2. The van der Waals surface area contributed by atoms with Crippen LogP contribution in [-0.4, -0.2) is 29.2 Å². The first-order chi connectivity index (χ1) is 15.1. The summed E-state index contributed by atoms with van der Waals surface area (Å²) in [4.78, 5) is 16.4. The minimum atomic E-state index is -1.06. The lowest BCUT2D eigenvalue weighted by molar-refractivity contribution is -0.151. The number of carboxylic acids is 1. The van der Waals surface area contributed by atoms with Crippen LogP contribution in [0.3, 0.4) is 0 Å². The van der Waals surface area contributed by atoms with Gasteiger partial charge in [0.1, 0.15) is 5.54 Å². The summed E-state index contributed by atoms with van der Waals surface area (Å²) in [5.41, 5.74) is 0.704. The van der Waals surface area contributed by atoms with Crippen molar-refractivity contribution in [1.82, 2.24) is 5.32 Å². The Morgan fingerprint density at radius 2 is 1.52 bits per heavy atom. The van der Waals surface area contributed by atoms with E-state index in [-0.39, 0.29) is 12.5 Å². The van der Waals surface area contributed by atoms with Gasteiger partial charge in [0.2, 0.25) is 5.72 Å². The molecule has 0 spiro atoms.